The summed E-state index contributed by atoms with van der Waals surface area (Å²) in [5.41, 5.74) is -0.192. The van der Waals surface area contributed by atoms with Crippen LogP contribution in [0.2, 0.25) is 0 Å². The Morgan fingerprint density at radius 1 is 0.939 bits per heavy atom. The van der Waals surface area contributed by atoms with Crippen LogP contribution in [0.25, 0.3) is 0 Å². The summed E-state index contributed by atoms with van der Waals surface area (Å²) in [5, 5.41) is 5.35. The number of carbonyl (C=O) groups is 3. The number of imide groups is 1. The van der Waals surface area contributed by atoms with Crippen LogP contribution in [0.3, 0.4) is 0 Å². The fourth-order valence-corrected chi connectivity index (χ4v) is 6.14. The number of hydrogen-bond acceptors (Lipinski definition) is 6. The first-order valence-electron chi connectivity index (χ1n) is 11.5. The summed E-state index contributed by atoms with van der Waals surface area (Å²) in [5.74, 6) is 1.69. The molecule has 8 nitrogen and oxygen atoms in total. The maximum absolute atomic E-state index is 12.4. The lowest BCUT2D eigenvalue weighted by Crippen LogP contribution is -2.62. The highest BCUT2D eigenvalue weighted by atomic mass is 16.6. The zero-order valence-corrected chi connectivity index (χ0v) is 18.4. The molecule has 0 atom stereocenters. The Morgan fingerprint density at radius 2 is 1.61 bits per heavy atom. The third-order valence-electron chi connectivity index (χ3n) is 6.99. The van der Waals surface area contributed by atoms with Gasteiger partial charge in [-0.15, -0.1) is 0 Å². The lowest BCUT2D eigenvalue weighted by atomic mass is 9.53. The molecule has 33 heavy (non-hydrogen) atoms. The Kier molecular flexibility index (Phi) is 5.83. The van der Waals surface area contributed by atoms with Crippen LogP contribution < -0.4 is 15.4 Å². The van der Waals surface area contributed by atoms with E-state index >= 15 is 0 Å². The second-order valence-electron chi connectivity index (χ2n) is 9.64. The summed E-state index contributed by atoms with van der Waals surface area (Å²) in [4.78, 5) is 36.8. The highest BCUT2D eigenvalue weighted by Gasteiger charge is 2.51. The van der Waals surface area contributed by atoms with Gasteiger partial charge in [-0.3, -0.25) is 10.1 Å². The van der Waals surface area contributed by atoms with Gasteiger partial charge in [-0.25, -0.2) is 9.59 Å². The van der Waals surface area contributed by atoms with Crippen LogP contribution in [0.1, 0.15) is 54.8 Å². The molecule has 4 fully saturated rings. The van der Waals surface area contributed by atoms with Crippen LogP contribution in [0.15, 0.2) is 46.9 Å². The molecule has 4 bridgehead atoms. The number of furan rings is 1. The predicted molar refractivity (Wildman–Crippen MR) is 117 cm³/mol. The van der Waals surface area contributed by atoms with Crippen molar-refractivity contribution < 1.29 is 28.3 Å². The third-order valence-corrected chi connectivity index (χ3v) is 6.99. The van der Waals surface area contributed by atoms with Crippen LogP contribution in [0, 0.1) is 17.8 Å². The number of amides is 3. The van der Waals surface area contributed by atoms with Crippen molar-refractivity contribution in [2.75, 3.05) is 6.61 Å². The summed E-state index contributed by atoms with van der Waals surface area (Å²) in [6, 6.07) is 11.8. The Morgan fingerprint density at radius 3 is 2.27 bits per heavy atom. The van der Waals surface area contributed by atoms with Crippen molar-refractivity contribution in [3.8, 4) is 5.75 Å². The van der Waals surface area contributed by atoms with Crippen molar-refractivity contribution >= 4 is 17.9 Å². The monoisotopic (exact) mass is 452 g/mol. The topological polar surface area (TPSA) is 107 Å². The first kappa shape index (κ1) is 21.6. The van der Waals surface area contributed by atoms with Crippen LogP contribution in [-0.4, -0.2) is 30.1 Å². The number of benzene rings is 1. The fourth-order valence-electron chi connectivity index (χ4n) is 6.14. The summed E-state index contributed by atoms with van der Waals surface area (Å²) in [6.07, 6.45) is 6.78. The van der Waals surface area contributed by atoms with E-state index in [4.69, 9.17) is 13.9 Å². The molecule has 2 N–H and O–H groups in total. The van der Waals surface area contributed by atoms with E-state index in [1.165, 1.54) is 25.3 Å². The van der Waals surface area contributed by atoms with Crippen molar-refractivity contribution in [3.05, 3.63) is 54.0 Å². The maximum atomic E-state index is 12.4. The second kappa shape index (κ2) is 8.92. The molecule has 8 heteroatoms. The van der Waals surface area contributed by atoms with Crippen molar-refractivity contribution in [3.63, 3.8) is 0 Å². The number of urea groups is 1. The molecule has 0 unspecified atom stereocenters. The van der Waals surface area contributed by atoms with Gasteiger partial charge in [0.2, 0.25) is 5.76 Å². The van der Waals surface area contributed by atoms with Crippen molar-refractivity contribution in [1.29, 1.82) is 0 Å². The molecule has 1 aromatic heterocycles. The Bertz CT molecular complexity index is 995. The quantitative estimate of drug-likeness (QED) is 0.619. The smallest absolute Gasteiger partial charge is 0.374 e. The molecule has 4 aliphatic carbocycles. The molecule has 174 valence electrons. The normalized spacial score (nSPS) is 27.1. The molecule has 0 radical (unpaired) electrons. The van der Waals surface area contributed by atoms with Gasteiger partial charge in [-0.1, -0.05) is 18.2 Å². The van der Waals surface area contributed by atoms with Gasteiger partial charge < -0.3 is 19.2 Å². The Hall–Kier alpha value is -3.29. The molecule has 3 amide bonds. The molecule has 4 aliphatic rings. The Balaban J connectivity index is 1.06. The minimum Gasteiger partial charge on any atom is -0.486 e. The van der Waals surface area contributed by atoms with Crippen LogP contribution in [-0.2, 0) is 16.1 Å². The number of rotatable bonds is 7. The average Bonchev–Trinajstić information content (AvgIpc) is 3.24. The van der Waals surface area contributed by atoms with Gasteiger partial charge in [0.15, 0.2) is 6.61 Å². The van der Waals surface area contributed by atoms with E-state index in [0.29, 0.717) is 29.3 Å². The molecular weight excluding hydrogens is 424 g/mol. The average molecular weight is 453 g/mol. The van der Waals surface area contributed by atoms with Gasteiger partial charge in [0.05, 0.1) is 0 Å². The minimum absolute atomic E-state index is 0.0347. The van der Waals surface area contributed by atoms with Gasteiger partial charge in [-0.05, 0) is 80.5 Å². The SMILES string of the molecule is O=C(COC(=O)c1ccc(COc2ccccc2)o1)NC(=O)NC12CC3CC(CC(C3)C1)C2. The van der Waals surface area contributed by atoms with Crippen molar-refractivity contribution in [2.45, 2.75) is 50.7 Å². The number of hydrogen-bond donors (Lipinski definition) is 2. The second-order valence-corrected chi connectivity index (χ2v) is 9.64. The van der Waals surface area contributed by atoms with E-state index in [-0.39, 0.29) is 17.9 Å². The van der Waals surface area contributed by atoms with Crippen LogP contribution in [0.5, 0.6) is 5.75 Å². The first-order chi connectivity index (χ1) is 16.0. The lowest BCUT2D eigenvalue weighted by molar-refractivity contribution is -0.123. The van der Waals surface area contributed by atoms with E-state index in [1.807, 2.05) is 30.3 Å². The highest BCUT2D eigenvalue weighted by molar-refractivity contribution is 5.96. The van der Waals surface area contributed by atoms with Crippen LogP contribution in [0.4, 0.5) is 4.79 Å². The molecule has 4 saturated carbocycles. The summed E-state index contributed by atoms with van der Waals surface area (Å²) in [6.45, 7) is -0.411. The molecule has 6 rings (SSSR count). The molecule has 2 aromatic rings. The van der Waals surface area contributed by atoms with Gasteiger partial charge >= 0.3 is 12.0 Å². The van der Waals surface area contributed by atoms with Crippen molar-refractivity contribution in [1.82, 2.24) is 10.6 Å². The number of para-hydroxylation sites is 1. The van der Waals surface area contributed by atoms with E-state index in [2.05, 4.69) is 10.6 Å². The van der Waals surface area contributed by atoms with E-state index in [9.17, 15) is 14.4 Å². The number of carbonyl (C=O) groups excluding carboxylic acids is 3. The largest absolute Gasteiger partial charge is 0.486 e. The van der Waals surface area contributed by atoms with Crippen LogP contribution >= 0.6 is 0 Å². The molecular formula is C25H28N2O6. The van der Waals surface area contributed by atoms with Gasteiger partial charge in [0, 0.05) is 5.54 Å². The van der Waals surface area contributed by atoms with Gasteiger partial charge in [0.1, 0.15) is 18.1 Å². The number of esters is 1. The molecule has 0 aliphatic heterocycles. The standard InChI is InChI=1S/C25H28N2O6/c28-22(26-24(30)27-25-11-16-8-17(12-25)10-18(9-16)13-25)15-32-23(29)21-7-6-20(33-21)14-31-19-4-2-1-3-5-19/h1-7,16-18H,8-15H2,(H2,26,27,28,30). The summed E-state index contributed by atoms with van der Waals surface area (Å²) >= 11 is 0. The summed E-state index contributed by atoms with van der Waals surface area (Å²) in [7, 11) is 0. The third kappa shape index (κ3) is 5.05. The molecule has 0 spiro atoms. The molecule has 1 heterocycles. The van der Waals surface area contributed by atoms with Gasteiger partial charge in [-0.2, -0.15) is 0 Å². The summed E-state index contributed by atoms with van der Waals surface area (Å²) < 4.78 is 16.0. The number of nitrogens with one attached hydrogen (secondary N) is 2. The van der Waals surface area contributed by atoms with Crippen molar-refractivity contribution in [2.24, 2.45) is 17.8 Å². The minimum atomic E-state index is -0.780. The molecule has 0 saturated heterocycles. The maximum Gasteiger partial charge on any atom is 0.374 e. The lowest BCUT2D eigenvalue weighted by Gasteiger charge is -2.56. The zero-order chi connectivity index (χ0) is 22.8. The first-order valence-corrected chi connectivity index (χ1v) is 11.5. The number of ether oxygens (including phenoxy) is 2. The van der Waals surface area contributed by atoms with E-state index in [1.54, 1.807) is 6.07 Å². The highest BCUT2D eigenvalue weighted by Crippen LogP contribution is 2.55. The zero-order valence-electron chi connectivity index (χ0n) is 18.4. The predicted octanol–water partition coefficient (Wildman–Crippen LogP) is 3.81. The fraction of sp³-hybridized carbons (Fsp3) is 0.480. The Labute approximate surface area is 192 Å². The molecule has 1 aromatic carbocycles. The van der Waals surface area contributed by atoms with E-state index < -0.39 is 24.5 Å². The van der Waals surface area contributed by atoms with Gasteiger partial charge in [0.25, 0.3) is 5.91 Å². The van der Waals surface area contributed by atoms with E-state index in [0.717, 1.165) is 19.3 Å².